The molecule has 2 aromatic carbocycles. The molecular weight excluding hydrogens is 395 g/mol. The first-order valence-corrected chi connectivity index (χ1v) is 11.3. The number of rotatable bonds is 13. The summed E-state index contributed by atoms with van der Waals surface area (Å²) in [7, 11) is 0. The highest BCUT2D eigenvalue weighted by Gasteiger charge is 2.12. The molecular formula is C26H33FO4. The first-order chi connectivity index (χ1) is 15.0. The molecule has 31 heavy (non-hydrogen) atoms. The van der Waals surface area contributed by atoms with E-state index in [0.29, 0.717) is 29.7 Å². The zero-order valence-corrected chi connectivity index (χ0v) is 18.6. The minimum absolute atomic E-state index is 0.153. The Kier molecular flexibility index (Phi) is 10.8. The Balaban J connectivity index is 1.72. The van der Waals surface area contributed by atoms with Crippen molar-refractivity contribution in [2.45, 2.75) is 78.1 Å². The Hall–Kier alpha value is -2.69. The van der Waals surface area contributed by atoms with Crippen LogP contribution in [0.1, 0.15) is 87.6 Å². The number of hydrogen-bond donors (Lipinski definition) is 0. The number of carbonyl (C=O) groups excluding carboxylic acids is 2. The van der Waals surface area contributed by atoms with Gasteiger partial charge in [-0.05, 0) is 48.7 Å². The van der Waals surface area contributed by atoms with Crippen LogP contribution >= 0.6 is 0 Å². The zero-order valence-electron chi connectivity index (χ0n) is 18.6. The number of esters is 2. The number of halogens is 1. The summed E-state index contributed by atoms with van der Waals surface area (Å²) in [5.74, 6) is -0.722. The summed E-state index contributed by atoms with van der Waals surface area (Å²) in [6, 6.07) is 10.5. The largest absolute Gasteiger partial charge is 0.427 e. The Morgan fingerprint density at radius 2 is 1.39 bits per heavy atom. The summed E-state index contributed by atoms with van der Waals surface area (Å²) in [5, 5.41) is 0. The van der Waals surface area contributed by atoms with Crippen molar-refractivity contribution in [3.05, 3.63) is 59.4 Å². The first-order valence-electron chi connectivity index (χ1n) is 11.3. The third-order valence-electron chi connectivity index (χ3n) is 5.17. The fourth-order valence-electron chi connectivity index (χ4n) is 3.29. The van der Waals surface area contributed by atoms with Crippen molar-refractivity contribution in [2.24, 2.45) is 0 Å². The molecule has 0 aromatic heterocycles. The number of hydrogen-bond acceptors (Lipinski definition) is 4. The summed E-state index contributed by atoms with van der Waals surface area (Å²) in [6.07, 6.45) is 10.3. The van der Waals surface area contributed by atoms with E-state index in [1.54, 1.807) is 24.3 Å². The Bertz CT molecular complexity index is 830. The fraction of sp³-hybridized carbons (Fsp3) is 0.462. The highest BCUT2D eigenvalue weighted by Crippen LogP contribution is 2.20. The van der Waals surface area contributed by atoms with Gasteiger partial charge in [0.25, 0.3) is 0 Å². The summed E-state index contributed by atoms with van der Waals surface area (Å²) in [4.78, 5) is 24.2. The number of unbranched alkanes of at least 4 members (excludes halogenated alkanes) is 7. The van der Waals surface area contributed by atoms with Crippen LogP contribution < -0.4 is 9.47 Å². The molecule has 2 rings (SSSR count). The number of benzene rings is 2. The second kappa shape index (κ2) is 13.6. The van der Waals surface area contributed by atoms with Crippen LogP contribution in [0.2, 0.25) is 0 Å². The van der Waals surface area contributed by atoms with Gasteiger partial charge in [-0.25, -0.2) is 9.18 Å². The smallest absolute Gasteiger partial charge is 0.343 e. The van der Waals surface area contributed by atoms with Gasteiger partial charge in [-0.2, -0.15) is 0 Å². The quantitative estimate of drug-likeness (QED) is 0.195. The van der Waals surface area contributed by atoms with Crippen LogP contribution in [0.5, 0.6) is 11.5 Å². The minimum atomic E-state index is -0.597. The lowest BCUT2D eigenvalue weighted by molar-refractivity contribution is -0.134. The summed E-state index contributed by atoms with van der Waals surface area (Å²) < 4.78 is 24.4. The molecule has 0 aliphatic rings. The minimum Gasteiger partial charge on any atom is -0.427 e. The maximum Gasteiger partial charge on any atom is 0.343 e. The third-order valence-corrected chi connectivity index (χ3v) is 5.17. The first kappa shape index (κ1) is 24.6. The lowest BCUT2D eigenvalue weighted by Crippen LogP contribution is -2.10. The predicted molar refractivity (Wildman–Crippen MR) is 120 cm³/mol. The molecule has 2 aromatic rings. The van der Waals surface area contributed by atoms with Gasteiger partial charge in [0, 0.05) is 12.5 Å². The predicted octanol–water partition coefficient (Wildman–Crippen LogP) is 7.04. The van der Waals surface area contributed by atoms with Crippen molar-refractivity contribution in [1.82, 2.24) is 0 Å². The normalized spacial score (nSPS) is 10.7. The average Bonchev–Trinajstić information content (AvgIpc) is 2.76. The van der Waals surface area contributed by atoms with Crippen LogP contribution in [0, 0.1) is 5.82 Å². The molecule has 0 fully saturated rings. The zero-order chi connectivity index (χ0) is 22.5. The standard InChI is InChI=1S/C26H33FO4/c1-3-5-6-7-8-9-10-11-12-25(28)30-22-16-14-21(15-17-22)26(29)31-23-18-13-20(4-2)24(27)19-23/h13-19H,3-12H2,1-2H3. The van der Waals surface area contributed by atoms with Gasteiger partial charge in [0.05, 0.1) is 5.56 Å². The van der Waals surface area contributed by atoms with Gasteiger partial charge in [-0.1, -0.05) is 64.9 Å². The van der Waals surface area contributed by atoms with E-state index >= 15 is 0 Å². The number of ether oxygens (including phenoxy) is 2. The molecule has 0 heterocycles. The molecule has 0 aliphatic heterocycles. The van der Waals surface area contributed by atoms with E-state index < -0.39 is 11.8 Å². The highest BCUT2D eigenvalue weighted by molar-refractivity contribution is 5.91. The van der Waals surface area contributed by atoms with E-state index in [9.17, 15) is 14.0 Å². The molecule has 4 nitrogen and oxygen atoms in total. The third kappa shape index (κ3) is 8.91. The molecule has 168 valence electrons. The average molecular weight is 429 g/mol. The maximum atomic E-state index is 13.8. The second-order valence-electron chi connectivity index (χ2n) is 7.72. The van der Waals surface area contributed by atoms with Gasteiger partial charge in [0.2, 0.25) is 0 Å². The van der Waals surface area contributed by atoms with E-state index in [1.807, 2.05) is 6.92 Å². The molecule has 0 amide bonds. The monoisotopic (exact) mass is 428 g/mol. The van der Waals surface area contributed by atoms with Crippen molar-refractivity contribution < 1.29 is 23.5 Å². The van der Waals surface area contributed by atoms with Crippen molar-refractivity contribution in [3.63, 3.8) is 0 Å². The molecule has 0 spiro atoms. The van der Waals surface area contributed by atoms with Crippen LogP contribution in [0.4, 0.5) is 4.39 Å². The van der Waals surface area contributed by atoms with E-state index in [2.05, 4.69) is 6.92 Å². The lowest BCUT2D eigenvalue weighted by atomic mass is 10.1. The lowest BCUT2D eigenvalue weighted by Gasteiger charge is -2.08. The second-order valence-corrected chi connectivity index (χ2v) is 7.72. The maximum absolute atomic E-state index is 13.8. The van der Waals surface area contributed by atoms with E-state index in [1.165, 1.54) is 50.3 Å². The number of aryl methyl sites for hydroxylation is 1. The molecule has 0 atom stereocenters. The van der Waals surface area contributed by atoms with E-state index in [0.717, 1.165) is 19.3 Å². The molecule has 5 heteroatoms. The summed E-state index contributed by atoms with van der Waals surface area (Å²) in [6.45, 7) is 4.06. The molecule has 0 radical (unpaired) electrons. The van der Waals surface area contributed by atoms with Gasteiger partial charge in [-0.3, -0.25) is 4.79 Å². The Morgan fingerprint density at radius 1 is 0.774 bits per heavy atom. The Morgan fingerprint density at radius 3 is 2.00 bits per heavy atom. The van der Waals surface area contributed by atoms with Crippen LogP contribution in [0.3, 0.4) is 0 Å². The van der Waals surface area contributed by atoms with Crippen molar-refractivity contribution >= 4 is 11.9 Å². The summed E-state index contributed by atoms with van der Waals surface area (Å²) in [5.41, 5.74) is 0.862. The molecule has 0 saturated heterocycles. The SMILES string of the molecule is CCCCCCCCCCC(=O)Oc1ccc(C(=O)Oc2ccc(CC)c(F)c2)cc1. The van der Waals surface area contributed by atoms with Crippen molar-refractivity contribution in [2.75, 3.05) is 0 Å². The number of carbonyl (C=O) groups is 2. The van der Waals surface area contributed by atoms with Gasteiger partial charge >= 0.3 is 11.9 Å². The van der Waals surface area contributed by atoms with Crippen molar-refractivity contribution in [1.29, 1.82) is 0 Å². The van der Waals surface area contributed by atoms with Gasteiger partial charge < -0.3 is 9.47 Å². The molecule has 0 aliphatic carbocycles. The molecule has 0 unspecified atom stereocenters. The van der Waals surface area contributed by atoms with E-state index in [4.69, 9.17) is 9.47 Å². The topological polar surface area (TPSA) is 52.6 Å². The van der Waals surface area contributed by atoms with Gasteiger partial charge in [0.15, 0.2) is 0 Å². The van der Waals surface area contributed by atoms with Crippen LogP contribution in [0.15, 0.2) is 42.5 Å². The molecule has 0 bridgehead atoms. The van der Waals surface area contributed by atoms with Crippen LogP contribution in [-0.4, -0.2) is 11.9 Å². The fourth-order valence-corrected chi connectivity index (χ4v) is 3.29. The van der Waals surface area contributed by atoms with Crippen LogP contribution in [0.25, 0.3) is 0 Å². The van der Waals surface area contributed by atoms with Crippen LogP contribution in [-0.2, 0) is 11.2 Å². The Labute approximate surface area is 184 Å². The van der Waals surface area contributed by atoms with Gasteiger partial charge in [0.1, 0.15) is 17.3 Å². The summed E-state index contributed by atoms with van der Waals surface area (Å²) >= 11 is 0. The van der Waals surface area contributed by atoms with Gasteiger partial charge in [-0.15, -0.1) is 0 Å². The molecule has 0 saturated carbocycles. The van der Waals surface area contributed by atoms with Crippen molar-refractivity contribution in [3.8, 4) is 11.5 Å². The highest BCUT2D eigenvalue weighted by atomic mass is 19.1. The van der Waals surface area contributed by atoms with E-state index in [-0.39, 0.29) is 11.7 Å². The molecule has 0 N–H and O–H groups in total.